The van der Waals surface area contributed by atoms with Crippen LogP contribution in [-0.2, 0) is 4.79 Å². The summed E-state index contributed by atoms with van der Waals surface area (Å²) in [7, 11) is 2.82. The number of allylic oxidation sites excluding steroid dienone is 1. The highest BCUT2D eigenvalue weighted by molar-refractivity contribution is 7.99. The summed E-state index contributed by atoms with van der Waals surface area (Å²) in [4.78, 5) is 30.3. The molecule has 1 spiro atoms. The first kappa shape index (κ1) is 23.4. The van der Waals surface area contributed by atoms with Crippen LogP contribution in [0.5, 0.6) is 17.2 Å². The Morgan fingerprint density at radius 3 is 2.68 bits per heavy atom. The third kappa shape index (κ3) is 3.90. The number of carbonyl (C=O) groups is 2. The Kier molecular flexibility index (Phi) is 7.18. The Labute approximate surface area is 189 Å². The summed E-state index contributed by atoms with van der Waals surface area (Å²) in [6.45, 7) is 2.13. The Morgan fingerprint density at radius 1 is 1.32 bits per heavy atom. The van der Waals surface area contributed by atoms with Gasteiger partial charge < -0.3 is 24.4 Å². The Bertz CT molecular complexity index is 962. The minimum Gasteiger partial charge on any atom is -0.507 e. The second-order valence-electron chi connectivity index (χ2n) is 7.13. The van der Waals surface area contributed by atoms with Gasteiger partial charge in [0.25, 0.3) is 0 Å². The standard InChI is InChI=1S/C21H24ClNO7S/c1-11-8-13(25)12(10-23-4-6-31-7-5-24)19(26)21(11)20(27)16-14(28-2)9-15(29-3)17(22)18(16)30-21/h9-11,24,26H,4-8H2,1-3H3/t11-,21+/m1/s1. The van der Waals surface area contributed by atoms with Gasteiger partial charge in [0.15, 0.2) is 17.3 Å². The van der Waals surface area contributed by atoms with Crippen molar-refractivity contribution in [1.82, 2.24) is 0 Å². The fourth-order valence-corrected chi connectivity index (χ4v) is 4.58. The molecule has 10 heteroatoms. The molecule has 168 valence electrons. The van der Waals surface area contributed by atoms with E-state index >= 15 is 0 Å². The smallest absolute Gasteiger partial charge is 0.231 e. The first-order valence-corrected chi connectivity index (χ1v) is 11.2. The van der Waals surface area contributed by atoms with E-state index in [1.54, 1.807) is 6.92 Å². The van der Waals surface area contributed by atoms with Crippen molar-refractivity contribution in [2.75, 3.05) is 38.9 Å². The van der Waals surface area contributed by atoms with Crippen LogP contribution in [0, 0.1) is 5.92 Å². The lowest BCUT2D eigenvalue weighted by Gasteiger charge is -2.36. The molecule has 3 rings (SSSR count). The van der Waals surface area contributed by atoms with Crippen LogP contribution in [0.25, 0.3) is 0 Å². The molecule has 0 saturated heterocycles. The van der Waals surface area contributed by atoms with Crippen LogP contribution in [0.1, 0.15) is 23.7 Å². The van der Waals surface area contributed by atoms with Gasteiger partial charge in [-0.25, -0.2) is 0 Å². The van der Waals surface area contributed by atoms with E-state index in [4.69, 9.17) is 30.9 Å². The van der Waals surface area contributed by atoms with E-state index in [2.05, 4.69) is 4.99 Å². The van der Waals surface area contributed by atoms with Gasteiger partial charge >= 0.3 is 0 Å². The maximum atomic E-state index is 13.5. The minimum atomic E-state index is -1.80. The fourth-order valence-electron chi connectivity index (χ4n) is 3.75. The zero-order valence-corrected chi connectivity index (χ0v) is 19.0. The van der Waals surface area contributed by atoms with Crippen molar-refractivity contribution in [3.05, 3.63) is 28.0 Å². The number of methoxy groups -OCH3 is 2. The van der Waals surface area contributed by atoms with Gasteiger partial charge in [-0.15, -0.1) is 0 Å². The van der Waals surface area contributed by atoms with Gasteiger partial charge in [-0.3, -0.25) is 14.6 Å². The number of thioether (sulfide) groups is 1. The highest BCUT2D eigenvalue weighted by atomic mass is 35.5. The first-order valence-electron chi connectivity index (χ1n) is 9.67. The number of hydrogen-bond acceptors (Lipinski definition) is 9. The molecule has 2 N–H and O–H groups in total. The van der Waals surface area contributed by atoms with Gasteiger partial charge in [-0.2, -0.15) is 11.8 Å². The molecule has 2 atom stereocenters. The van der Waals surface area contributed by atoms with E-state index in [1.807, 2.05) is 0 Å². The quantitative estimate of drug-likeness (QED) is 0.441. The molecule has 8 nitrogen and oxygen atoms in total. The Balaban J connectivity index is 2.03. The SMILES string of the molecule is COc1cc(OC)c2c(c1Cl)O[C@]1(C2=O)C(O)=C(C=NCCSCCO)C(=O)C[C@H]1C. The molecule has 1 aromatic rings. The molecule has 0 amide bonds. The molecular weight excluding hydrogens is 446 g/mol. The highest BCUT2D eigenvalue weighted by Crippen LogP contribution is 2.54. The molecule has 0 unspecified atom stereocenters. The average Bonchev–Trinajstić information content (AvgIpc) is 3.07. The molecule has 1 aromatic carbocycles. The molecule has 1 aliphatic heterocycles. The monoisotopic (exact) mass is 469 g/mol. The number of rotatable bonds is 8. The molecule has 0 radical (unpaired) electrons. The zero-order chi connectivity index (χ0) is 22.8. The van der Waals surface area contributed by atoms with Gasteiger partial charge in [-0.05, 0) is 0 Å². The van der Waals surface area contributed by atoms with Gasteiger partial charge in [0, 0.05) is 42.7 Å². The molecule has 0 saturated carbocycles. The van der Waals surface area contributed by atoms with Gasteiger partial charge in [0.05, 0.1) is 26.4 Å². The number of aliphatic hydroxyl groups is 2. The summed E-state index contributed by atoms with van der Waals surface area (Å²) in [6, 6.07) is 1.48. The second kappa shape index (κ2) is 9.50. The molecule has 0 fully saturated rings. The maximum absolute atomic E-state index is 13.5. The number of Topliss-reactive ketones (excluding diaryl/α,β-unsaturated/α-hetero) is 2. The molecule has 2 aliphatic rings. The summed E-state index contributed by atoms with van der Waals surface area (Å²) >= 11 is 7.90. The Morgan fingerprint density at radius 2 is 2.03 bits per heavy atom. The summed E-state index contributed by atoms with van der Waals surface area (Å²) in [5.41, 5.74) is -1.77. The molecular formula is C21H24ClNO7S. The summed E-state index contributed by atoms with van der Waals surface area (Å²) in [5.74, 6) is -0.253. The predicted molar refractivity (Wildman–Crippen MR) is 118 cm³/mol. The topological polar surface area (TPSA) is 115 Å². The van der Waals surface area contributed by atoms with Crippen molar-refractivity contribution in [2.45, 2.75) is 18.9 Å². The number of benzene rings is 1. The van der Waals surface area contributed by atoms with Crippen LogP contribution < -0.4 is 14.2 Å². The van der Waals surface area contributed by atoms with Crippen molar-refractivity contribution < 1.29 is 34.0 Å². The number of hydrogen-bond donors (Lipinski definition) is 2. The van der Waals surface area contributed by atoms with Gasteiger partial charge in [-0.1, -0.05) is 18.5 Å². The summed E-state index contributed by atoms with van der Waals surface area (Å²) in [6.07, 6.45) is 1.27. The van der Waals surface area contributed by atoms with E-state index in [-0.39, 0.29) is 52.2 Å². The third-order valence-corrected chi connectivity index (χ3v) is 6.63. The highest BCUT2D eigenvalue weighted by Gasteiger charge is 2.60. The van der Waals surface area contributed by atoms with Crippen molar-refractivity contribution in [2.24, 2.45) is 10.9 Å². The van der Waals surface area contributed by atoms with E-state index < -0.39 is 23.1 Å². The van der Waals surface area contributed by atoms with Crippen molar-refractivity contribution >= 4 is 41.1 Å². The fraction of sp³-hybridized carbons (Fsp3) is 0.476. The number of halogens is 1. The number of ketones is 2. The number of carbonyl (C=O) groups excluding carboxylic acids is 2. The lowest BCUT2D eigenvalue weighted by Crippen LogP contribution is -2.52. The van der Waals surface area contributed by atoms with E-state index in [1.165, 1.54) is 38.3 Å². The third-order valence-electron chi connectivity index (χ3n) is 5.33. The molecule has 0 aromatic heterocycles. The predicted octanol–water partition coefficient (Wildman–Crippen LogP) is 2.89. The summed E-state index contributed by atoms with van der Waals surface area (Å²) in [5, 5.41) is 20.0. The minimum absolute atomic E-state index is 0.0124. The van der Waals surface area contributed by atoms with Crippen molar-refractivity contribution in [3.8, 4) is 17.2 Å². The second-order valence-corrected chi connectivity index (χ2v) is 8.73. The number of aliphatic imine (C=N–C) groups is 1. The van der Waals surface area contributed by atoms with Gasteiger partial charge in [0.1, 0.15) is 22.1 Å². The molecule has 1 aliphatic carbocycles. The van der Waals surface area contributed by atoms with Crippen LogP contribution in [0.2, 0.25) is 5.02 Å². The lowest BCUT2D eigenvalue weighted by atomic mass is 9.73. The zero-order valence-electron chi connectivity index (χ0n) is 17.4. The normalized spacial score (nSPS) is 22.9. The molecule has 31 heavy (non-hydrogen) atoms. The van der Waals surface area contributed by atoms with Crippen molar-refractivity contribution in [3.63, 3.8) is 0 Å². The Hall–Kier alpha value is -2.23. The molecule has 1 heterocycles. The number of fused-ring (bicyclic) bond motifs is 1. The summed E-state index contributed by atoms with van der Waals surface area (Å²) < 4.78 is 16.6. The van der Waals surface area contributed by atoms with Crippen LogP contribution in [0.3, 0.4) is 0 Å². The first-order chi connectivity index (χ1) is 14.8. The van der Waals surface area contributed by atoms with E-state index in [0.717, 1.165) is 0 Å². The lowest BCUT2D eigenvalue weighted by molar-refractivity contribution is -0.118. The van der Waals surface area contributed by atoms with E-state index in [0.29, 0.717) is 18.1 Å². The van der Waals surface area contributed by atoms with Gasteiger partial charge in [0.2, 0.25) is 11.4 Å². The van der Waals surface area contributed by atoms with Crippen LogP contribution in [0.15, 0.2) is 22.4 Å². The van der Waals surface area contributed by atoms with Crippen LogP contribution in [-0.4, -0.2) is 72.5 Å². The number of ether oxygens (including phenoxy) is 3. The van der Waals surface area contributed by atoms with Crippen molar-refractivity contribution in [1.29, 1.82) is 0 Å². The number of aliphatic hydroxyl groups excluding tert-OH is 2. The van der Waals surface area contributed by atoms with Crippen LogP contribution in [0.4, 0.5) is 0 Å². The molecule has 0 bridgehead atoms. The van der Waals surface area contributed by atoms with Crippen LogP contribution >= 0.6 is 23.4 Å². The largest absolute Gasteiger partial charge is 0.507 e. The van der Waals surface area contributed by atoms with E-state index in [9.17, 15) is 14.7 Å². The number of nitrogens with zero attached hydrogens (tertiary/aromatic N) is 1. The maximum Gasteiger partial charge on any atom is 0.231 e. The average molecular weight is 470 g/mol.